The van der Waals surface area contributed by atoms with Crippen LogP contribution < -0.4 is 4.52 Å². The fraction of sp³-hybridized carbons (Fsp3) is 0.500. The second kappa shape index (κ2) is 4.59. The molecule has 1 heterocycles. The number of hydrogen-bond acceptors (Lipinski definition) is 5. The Hall–Kier alpha value is -0.130. The highest BCUT2D eigenvalue weighted by Crippen LogP contribution is 2.48. The predicted octanol–water partition coefficient (Wildman–Crippen LogP) is 1.97. The first-order valence-corrected chi connectivity index (χ1v) is 6.55. The predicted molar refractivity (Wildman–Crippen MR) is 57.1 cm³/mol. The van der Waals surface area contributed by atoms with Crippen LogP contribution >= 0.6 is 18.3 Å². The molecule has 0 unspecified atom stereocenters. The lowest BCUT2D eigenvalue weighted by Gasteiger charge is -2.17. The number of nitrogens with zero attached hydrogens (tertiary/aromatic N) is 2. The van der Waals surface area contributed by atoms with Gasteiger partial charge in [0.1, 0.15) is 0 Å². The first-order chi connectivity index (χ1) is 6.50. The van der Waals surface area contributed by atoms with Crippen molar-refractivity contribution < 1.29 is 13.6 Å². The number of hydrogen-bond donors (Lipinski definition) is 0. The van der Waals surface area contributed by atoms with E-state index in [-0.39, 0.29) is 0 Å². The SMILES string of the molecule is COP(=S)(OC)Oc1cc(Cl)nn1C. The Balaban J connectivity index is 2.87. The molecule has 1 aromatic heterocycles. The Bertz CT molecular complexity index is 362. The molecule has 5 nitrogen and oxygen atoms in total. The van der Waals surface area contributed by atoms with E-state index in [0.717, 1.165) is 0 Å². The monoisotopic (exact) mass is 256 g/mol. The summed E-state index contributed by atoms with van der Waals surface area (Å²) in [5.41, 5.74) is 0. The number of rotatable bonds is 4. The normalized spacial score (nSPS) is 11.7. The molecule has 0 atom stereocenters. The molecule has 0 aromatic carbocycles. The highest BCUT2D eigenvalue weighted by Gasteiger charge is 2.20. The standard InChI is InChI=1S/C6H10ClN2O3PS/c1-9-6(4-5(7)8-9)12-13(14,10-2)11-3/h4H,1-3H3. The zero-order valence-corrected chi connectivity index (χ0v) is 10.4. The Kier molecular flexibility index (Phi) is 3.92. The molecule has 0 saturated carbocycles. The van der Waals surface area contributed by atoms with Crippen LogP contribution in [0.2, 0.25) is 5.15 Å². The summed E-state index contributed by atoms with van der Waals surface area (Å²) in [5, 5.41) is 4.21. The van der Waals surface area contributed by atoms with Gasteiger partial charge in [-0.1, -0.05) is 11.6 Å². The molecule has 1 aromatic rings. The largest absolute Gasteiger partial charge is 0.406 e. The molecule has 0 fully saturated rings. The minimum atomic E-state index is -2.70. The van der Waals surface area contributed by atoms with Gasteiger partial charge in [0.2, 0.25) is 5.88 Å². The van der Waals surface area contributed by atoms with E-state index in [0.29, 0.717) is 11.0 Å². The molecule has 0 amide bonds. The van der Waals surface area contributed by atoms with E-state index in [2.05, 4.69) is 5.10 Å². The molecule has 0 N–H and O–H groups in total. The van der Waals surface area contributed by atoms with Crippen LogP contribution in [0, 0.1) is 0 Å². The zero-order valence-electron chi connectivity index (χ0n) is 7.93. The van der Waals surface area contributed by atoms with Crippen LogP contribution in [0.15, 0.2) is 6.07 Å². The lowest BCUT2D eigenvalue weighted by atomic mass is 10.7. The molecule has 0 spiro atoms. The van der Waals surface area contributed by atoms with Crippen molar-refractivity contribution in [3.63, 3.8) is 0 Å². The minimum absolute atomic E-state index is 0.330. The third-order valence-corrected chi connectivity index (χ3v) is 4.07. The molecule has 0 bridgehead atoms. The molecule has 0 aliphatic carbocycles. The number of aryl methyl sites for hydroxylation is 1. The minimum Gasteiger partial charge on any atom is -0.406 e. The van der Waals surface area contributed by atoms with Crippen LogP contribution in [0.1, 0.15) is 0 Å². The second-order valence-corrected chi connectivity index (χ2v) is 5.87. The molecular formula is C6H10ClN2O3PS. The van der Waals surface area contributed by atoms with E-state index in [1.807, 2.05) is 0 Å². The summed E-state index contributed by atoms with van der Waals surface area (Å²) in [6, 6.07) is 1.54. The van der Waals surface area contributed by atoms with Gasteiger partial charge in [-0.05, 0) is 0 Å². The highest BCUT2D eigenvalue weighted by molar-refractivity contribution is 8.07. The van der Waals surface area contributed by atoms with Crippen molar-refractivity contribution in [3.05, 3.63) is 11.2 Å². The van der Waals surface area contributed by atoms with E-state index >= 15 is 0 Å². The summed E-state index contributed by atoms with van der Waals surface area (Å²) >= 11 is 10.7. The first-order valence-electron chi connectivity index (χ1n) is 3.61. The molecule has 0 aliphatic rings. The van der Waals surface area contributed by atoms with Crippen molar-refractivity contribution in [2.75, 3.05) is 14.2 Å². The molecule has 1 rings (SSSR count). The van der Waals surface area contributed by atoms with Gasteiger partial charge < -0.3 is 13.6 Å². The summed E-state index contributed by atoms with van der Waals surface area (Å²) < 4.78 is 16.7. The first kappa shape index (κ1) is 11.9. The van der Waals surface area contributed by atoms with Crippen LogP contribution in [0.5, 0.6) is 5.88 Å². The van der Waals surface area contributed by atoms with Gasteiger partial charge in [-0.3, -0.25) is 0 Å². The third kappa shape index (κ3) is 2.68. The van der Waals surface area contributed by atoms with E-state index < -0.39 is 6.72 Å². The average molecular weight is 257 g/mol. The van der Waals surface area contributed by atoms with Crippen molar-refractivity contribution in [1.82, 2.24) is 9.78 Å². The average Bonchev–Trinajstić information content (AvgIpc) is 2.45. The van der Waals surface area contributed by atoms with Gasteiger partial charge in [0.05, 0.1) is 0 Å². The molecule has 8 heteroatoms. The number of aromatic nitrogens is 2. The second-order valence-electron chi connectivity index (χ2n) is 2.33. The molecule has 0 saturated heterocycles. The van der Waals surface area contributed by atoms with Crippen LogP contribution in [0.25, 0.3) is 0 Å². The van der Waals surface area contributed by atoms with E-state index in [1.165, 1.54) is 18.9 Å². The third-order valence-electron chi connectivity index (χ3n) is 1.46. The Morgan fingerprint density at radius 3 is 2.43 bits per heavy atom. The van der Waals surface area contributed by atoms with Crippen molar-refractivity contribution in [2.45, 2.75) is 0 Å². The van der Waals surface area contributed by atoms with Crippen molar-refractivity contribution in [3.8, 4) is 5.88 Å². The molecule has 80 valence electrons. The van der Waals surface area contributed by atoms with Crippen LogP contribution in [0.3, 0.4) is 0 Å². The van der Waals surface area contributed by atoms with E-state index in [9.17, 15) is 0 Å². The van der Waals surface area contributed by atoms with Crippen LogP contribution in [0.4, 0.5) is 0 Å². The summed E-state index contributed by atoms with van der Waals surface area (Å²) in [7, 11) is 4.55. The molecule has 0 aliphatic heterocycles. The molecule has 0 radical (unpaired) electrons. The Morgan fingerprint density at radius 2 is 2.07 bits per heavy atom. The lowest BCUT2D eigenvalue weighted by molar-refractivity contribution is 0.266. The molecule has 14 heavy (non-hydrogen) atoms. The van der Waals surface area contributed by atoms with E-state index in [4.69, 9.17) is 37.0 Å². The Labute approximate surface area is 92.2 Å². The smallest absolute Gasteiger partial charge is 0.381 e. The van der Waals surface area contributed by atoms with Crippen LogP contribution in [-0.4, -0.2) is 24.0 Å². The van der Waals surface area contributed by atoms with Crippen molar-refractivity contribution in [1.29, 1.82) is 0 Å². The Morgan fingerprint density at radius 1 is 1.50 bits per heavy atom. The van der Waals surface area contributed by atoms with Gasteiger partial charge in [-0.15, -0.1) is 0 Å². The van der Waals surface area contributed by atoms with Gasteiger partial charge in [0.25, 0.3) is 0 Å². The maximum absolute atomic E-state index is 5.67. The maximum atomic E-state index is 5.67. The lowest BCUT2D eigenvalue weighted by Crippen LogP contribution is -2.01. The zero-order chi connectivity index (χ0) is 10.8. The highest BCUT2D eigenvalue weighted by atomic mass is 35.5. The van der Waals surface area contributed by atoms with Gasteiger partial charge >= 0.3 is 6.72 Å². The fourth-order valence-electron chi connectivity index (χ4n) is 0.766. The summed E-state index contributed by atoms with van der Waals surface area (Å²) in [5.74, 6) is 0.419. The maximum Gasteiger partial charge on any atom is 0.381 e. The van der Waals surface area contributed by atoms with Gasteiger partial charge in [0.15, 0.2) is 5.15 Å². The van der Waals surface area contributed by atoms with Gasteiger partial charge in [0, 0.05) is 39.1 Å². The van der Waals surface area contributed by atoms with Crippen molar-refractivity contribution >= 4 is 30.1 Å². The summed E-state index contributed by atoms with van der Waals surface area (Å²) in [6.07, 6.45) is 0. The van der Waals surface area contributed by atoms with Crippen LogP contribution in [-0.2, 0) is 27.9 Å². The summed E-state index contributed by atoms with van der Waals surface area (Å²) in [6.45, 7) is -2.70. The van der Waals surface area contributed by atoms with Gasteiger partial charge in [-0.25, -0.2) is 4.68 Å². The topological polar surface area (TPSA) is 45.5 Å². The molecular weight excluding hydrogens is 247 g/mol. The fourth-order valence-corrected chi connectivity index (χ4v) is 1.90. The quantitative estimate of drug-likeness (QED) is 0.771. The van der Waals surface area contributed by atoms with Gasteiger partial charge in [-0.2, -0.15) is 5.10 Å². The van der Waals surface area contributed by atoms with E-state index in [1.54, 1.807) is 13.1 Å². The van der Waals surface area contributed by atoms with Crippen molar-refractivity contribution in [2.24, 2.45) is 7.05 Å². The summed E-state index contributed by atoms with van der Waals surface area (Å²) in [4.78, 5) is 0. The number of halogens is 1.